The van der Waals surface area contributed by atoms with Gasteiger partial charge in [-0.1, -0.05) is 48.5 Å². The smallest absolute Gasteiger partial charge is 0.265 e. The highest BCUT2D eigenvalue weighted by atomic mass is 16.1. The van der Waals surface area contributed by atoms with Crippen LogP contribution >= 0.6 is 0 Å². The summed E-state index contributed by atoms with van der Waals surface area (Å²) in [4.78, 5) is 27.8. The second kappa shape index (κ2) is 6.67. The van der Waals surface area contributed by atoms with E-state index in [1.807, 2.05) is 54.0 Å². The lowest BCUT2D eigenvalue weighted by Gasteiger charge is -2.09. The normalized spacial score (nSPS) is 11.5. The van der Waals surface area contributed by atoms with Crippen LogP contribution in [0.2, 0.25) is 0 Å². The van der Waals surface area contributed by atoms with Crippen LogP contribution in [0, 0.1) is 6.92 Å². The fourth-order valence-corrected chi connectivity index (χ4v) is 3.76. The molecule has 5 rings (SSSR count). The van der Waals surface area contributed by atoms with Gasteiger partial charge in [0.2, 0.25) is 0 Å². The summed E-state index contributed by atoms with van der Waals surface area (Å²) in [6, 6.07) is 17.8. The number of hydrogen-bond donors (Lipinski definition) is 0. The highest BCUT2D eigenvalue weighted by Gasteiger charge is 2.21. The van der Waals surface area contributed by atoms with Gasteiger partial charge < -0.3 is 4.57 Å². The summed E-state index contributed by atoms with van der Waals surface area (Å²) in [7, 11) is 0. The van der Waals surface area contributed by atoms with Crippen LogP contribution in [-0.2, 0) is 13.1 Å². The van der Waals surface area contributed by atoms with Crippen molar-refractivity contribution in [1.82, 2.24) is 24.1 Å². The molecule has 0 amide bonds. The summed E-state index contributed by atoms with van der Waals surface area (Å²) in [6.07, 6.45) is 1.70. The molecule has 5 aromatic rings. The SMILES string of the molecule is C=CCn1c(C)nc2c(c1=O)c1nc3ccccc3nc1n2Cc1ccccc1. The maximum absolute atomic E-state index is 13.3. The zero-order valence-corrected chi connectivity index (χ0v) is 16.0. The van der Waals surface area contributed by atoms with Gasteiger partial charge in [0.15, 0.2) is 11.3 Å². The Balaban J connectivity index is 1.93. The molecule has 0 saturated heterocycles. The molecular weight excluding hydrogens is 362 g/mol. The first-order valence-corrected chi connectivity index (χ1v) is 9.48. The van der Waals surface area contributed by atoms with Gasteiger partial charge in [0.05, 0.1) is 17.6 Å². The first kappa shape index (κ1) is 17.3. The van der Waals surface area contributed by atoms with Gasteiger partial charge in [-0.25, -0.2) is 15.0 Å². The van der Waals surface area contributed by atoms with E-state index in [1.54, 1.807) is 10.6 Å². The summed E-state index contributed by atoms with van der Waals surface area (Å²) < 4.78 is 3.62. The Labute approximate surface area is 166 Å². The first-order chi connectivity index (χ1) is 14.2. The lowest BCUT2D eigenvalue weighted by atomic mass is 10.2. The lowest BCUT2D eigenvalue weighted by molar-refractivity contribution is 0.722. The average Bonchev–Trinajstić information content (AvgIpc) is 3.02. The molecule has 0 N–H and O–H groups in total. The van der Waals surface area contributed by atoms with E-state index in [-0.39, 0.29) is 5.56 Å². The molecule has 6 nitrogen and oxygen atoms in total. The second-order valence-corrected chi connectivity index (χ2v) is 7.02. The summed E-state index contributed by atoms with van der Waals surface area (Å²) in [5.74, 6) is 0.643. The van der Waals surface area contributed by atoms with Crippen molar-refractivity contribution in [2.45, 2.75) is 20.0 Å². The van der Waals surface area contributed by atoms with Crippen LogP contribution in [0.15, 0.2) is 72.0 Å². The number of benzene rings is 2. The van der Waals surface area contributed by atoms with Gasteiger partial charge >= 0.3 is 0 Å². The highest BCUT2D eigenvalue weighted by molar-refractivity contribution is 6.04. The molecular formula is C23H19N5O. The second-order valence-electron chi connectivity index (χ2n) is 7.02. The summed E-state index contributed by atoms with van der Waals surface area (Å²) >= 11 is 0. The van der Waals surface area contributed by atoms with Gasteiger partial charge in [-0.15, -0.1) is 6.58 Å². The number of nitrogens with zero attached hydrogens (tertiary/aromatic N) is 5. The Morgan fingerprint density at radius 2 is 1.59 bits per heavy atom. The van der Waals surface area contributed by atoms with Crippen LogP contribution in [0.3, 0.4) is 0 Å². The third-order valence-corrected chi connectivity index (χ3v) is 5.14. The van der Waals surface area contributed by atoms with Crippen LogP contribution in [-0.4, -0.2) is 24.1 Å². The molecule has 6 heteroatoms. The summed E-state index contributed by atoms with van der Waals surface area (Å²) in [5.41, 5.74) is 4.41. The molecule has 0 unspecified atom stereocenters. The molecule has 3 heterocycles. The lowest BCUT2D eigenvalue weighted by Crippen LogP contribution is -2.23. The molecule has 0 atom stereocenters. The number of fused-ring (bicyclic) bond motifs is 4. The van der Waals surface area contributed by atoms with Crippen LogP contribution in [0.1, 0.15) is 11.4 Å². The van der Waals surface area contributed by atoms with Crippen molar-refractivity contribution < 1.29 is 0 Å². The van der Waals surface area contributed by atoms with E-state index in [2.05, 4.69) is 18.7 Å². The summed E-state index contributed by atoms with van der Waals surface area (Å²) in [6.45, 7) is 6.56. The van der Waals surface area contributed by atoms with Gasteiger partial charge in [-0.3, -0.25) is 9.36 Å². The van der Waals surface area contributed by atoms with Crippen LogP contribution in [0.25, 0.3) is 33.2 Å². The zero-order chi connectivity index (χ0) is 20.0. The highest BCUT2D eigenvalue weighted by Crippen LogP contribution is 2.26. The van der Waals surface area contributed by atoms with Crippen molar-refractivity contribution in [3.63, 3.8) is 0 Å². The molecule has 0 aliphatic carbocycles. The zero-order valence-electron chi connectivity index (χ0n) is 16.0. The molecule has 142 valence electrons. The molecule has 0 aliphatic heterocycles. The minimum atomic E-state index is -0.117. The van der Waals surface area contributed by atoms with E-state index in [4.69, 9.17) is 15.0 Å². The van der Waals surface area contributed by atoms with E-state index in [9.17, 15) is 4.79 Å². The van der Waals surface area contributed by atoms with Gasteiger partial charge in [0.1, 0.15) is 16.7 Å². The monoisotopic (exact) mass is 381 g/mol. The number of rotatable bonds is 4. The fourth-order valence-electron chi connectivity index (χ4n) is 3.76. The number of hydrogen-bond acceptors (Lipinski definition) is 4. The molecule has 0 saturated carbocycles. The van der Waals surface area contributed by atoms with E-state index >= 15 is 0 Å². The van der Waals surface area contributed by atoms with Gasteiger partial charge in [-0.05, 0) is 24.6 Å². The maximum Gasteiger partial charge on any atom is 0.265 e. The van der Waals surface area contributed by atoms with Gasteiger partial charge in [-0.2, -0.15) is 0 Å². The Kier molecular flexibility index (Phi) is 3.98. The van der Waals surface area contributed by atoms with Crippen molar-refractivity contribution in [3.8, 4) is 0 Å². The van der Waals surface area contributed by atoms with Crippen LogP contribution in [0.4, 0.5) is 0 Å². The number of allylic oxidation sites excluding steroid dienone is 1. The summed E-state index contributed by atoms with van der Waals surface area (Å²) in [5, 5.41) is 0.502. The predicted octanol–water partition coefficient (Wildman–Crippen LogP) is 3.84. The van der Waals surface area contributed by atoms with Crippen molar-refractivity contribution in [2.24, 2.45) is 0 Å². The Morgan fingerprint density at radius 1 is 0.897 bits per heavy atom. The van der Waals surface area contributed by atoms with Crippen molar-refractivity contribution in [3.05, 3.63) is 89.0 Å². The Morgan fingerprint density at radius 3 is 2.31 bits per heavy atom. The number of aromatic nitrogens is 5. The van der Waals surface area contributed by atoms with Gasteiger partial charge in [0.25, 0.3) is 5.56 Å². The van der Waals surface area contributed by atoms with E-state index in [0.717, 1.165) is 16.6 Å². The molecule has 0 spiro atoms. The molecule has 0 bridgehead atoms. The molecule has 2 aromatic carbocycles. The van der Waals surface area contributed by atoms with Crippen molar-refractivity contribution in [2.75, 3.05) is 0 Å². The minimum absolute atomic E-state index is 0.117. The molecule has 0 fully saturated rings. The molecule has 29 heavy (non-hydrogen) atoms. The average molecular weight is 381 g/mol. The third kappa shape index (κ3) is 2.72. The van der Waals surface area contributed by atoms with E-state index < -0.39 is 0 Å². The van der Waals surface area contributed by atoms with Crippen molar-refractivity contribution in [1.29, 1.82) is 0 Å². The number of aryl methyl sites for hydroxylation is 1. The largest absolute Gasteiger partial charge is 0.304 e. The fraction of sp³-hybridized carbons (Fsp3) is 0.130. The third-order valence-electron chi connectivity index (χ3n) is 5.14. The maximum atomic E-state index is 13.3. The van der Waals surface area contributed by atoms with Crippen LogP contribution in [0.5, 0.6) is 0 Å². The van der Waals surface area contributed by atoms with Crippen LogP contribution < -0.4 is 5.56 Å². The molecule has 0 radical (unpaired) electrons. The predicted molar refractivity (Wildman–Crippen MR) is 115 cm³/mol. The first-order valence-electron chi connectivity index (χ1n) is 9.48. The topological polar surface area (TPSA) is 65.6 Å². The Hall–Kier alpha value is -3.80. The quantitative estimate of drug-likeness (QED) is 0.444. The van der Waals surface area contributed by atoms with Crippen molar-refractivity contribution >= 4 is 33.2 Å². The molecule has 0 aliphatic rings. The van der Waals surface area contributed by atoms with E-state index in [0.29, 0.717) is 41.1 Å². The van der Waals surface area contributed by atoms with E-state index in [1.165, 1.54) is 0 Å². The molecule has 3 aromatic heterocycles. The standard InChI is InChI=1S/C23H19N5O/c1-3-13-27-15(2)24-21-19(23(27)29)20-22(26-18-12-8-7-11-17(18)25-20)28(21)14-16-9-5-4-6-10-16/h3-12H,1,13-14H2,2H3. The Bertz CT molecular complexity index is 1450. The number of para-hydroxylation sites is 2. The van der Waals surface area contributed by atoms with Gasteiger partial charge in [0, 0.05) is 6.54 Å². The minimum Gasteiger partial charge on any atom is -0.304 e.